The van der Waals surface area contributed by atoms with E-state index in [1.54, 1.807) is 0 Å². The molecule has 1 atom stereocenters. The first-order valence-electron chi connectivity index (χ1n) is 19.2. The topological polar surface area (TPSA) is 104 Å². The second-order valence-electron chi connectivity index (χ2n) is 13.1. The van der Waals surface area contributed by atoms with Crippen LogP contribution in [0.4, 0.5) is 0 Å². The fourth-order valence-electron chi connectivity index (χ4n) is 5.66. The lowest BCUT2D eigenvalue weighted by molar-refractivity contribution is 0.273. The summed E-state index contributed by atoms with van der Waals surface area (Å²) in [5.74, 6) is 0. The van der Waals surface area contributed by atoms with Crippen molar-refractivity contribution in [1.29, 1.82) is 0 Å². The van der Waals surface area contributed by atoms with Crippen LogP contribution in [0.15, 0.2) is 0 Å². The molecule has 44 heavy (non-hydrogen) atoms. The lowest BCUT2D eigenvalue weighted by atomic mass is 10.0. The maximum Gasteiger partial charge on any atom is 0.694 e. The highest BCUT2D eigenvalue weighted by molar-refractivity contribution is 7.51. The van der Waals surface area contributed by atoms with Gasteiger partial charge in [0.15, 0.2) is 0 Å². The Morgan fingerprint density at radius 3 is 0.886 bits per heavy atom. The van der Waals surface area contributed by atoms with Crippen LogP contribution in [0.5, 0.6) is 0 Å². The average Bonchev–Trinajstić information content (AvgIpc) is 2.98. The molecule has 1 unspecified atom stereocenters. The molecule has 0 spiro atoms. The Kier molecular flexibility index (Phi) is 41.4. The van der Waals surface area contributed by atoms with E-state index in [2.05, 4.69) is 18.4 Å². The molecule has 6 nitrogen and oxygen atoms in total. The molecule has 0 heterocycles. The molecule has 0 aliphatic rings. The summed E-state index contributed by atoms with van der Waals surface area (Å²) < 4.78 is 25.6. The van der Waals surface area contributed by atoms with Gasteiger partial charge in [0, 0.05) is 10.7 Å². The molecule has 0 radical (unpaired) electrons. The summed E-state index contributed by atoms with van der Waals surface area (Å²) in [5.41, 5.74) is 0. The standard InChI is InChI=1S/C18H39O3P.C18H37O3P/c1-2-3-4-5-6-7-8-9-10-11-12-13-14-15-16-17-18-22(19,20)21;1-2-3-4-5-6-7-8-9-10-11-12-13-14-15-16-17-18-21-22(19)20/h2-18H2,1H3,(H2,19,20,21);2-18H2,1H3/p+1. The van der Waals surface area contributed by atoms with Gasteiger partial charge in [0.2, 0.25) is 0 Å². The van der Waals surface area contributed by atoms with Crippen molar-refractivity contribution in [3.05, 3.63) is 0 Å². The molecule has 0 saturated carbocycles. The van der Waals surface area contributed by atoms with E-state index in [0.717, 1.165) is 25.7 Å². The van der Waals surface area contributed by atoms with E-state index in [1.807, 2.05) is 0 Å². The normalized spacial score (nSPS) is 11.9. The van der Waals surface area contributed by atoms with Crippen LogP contribution < -0.4 is 0 Å². The predicted molar refractivity (Wildman–Crippen MR) is 192 cm³/mol. The molecule has 0 aliphatic carbocycles. The van der Waals surface area contributed by atoms with Crippen molar-refractivity contribution in [3.63, 3.8) is 0 Å². The van der Waals surface area contributed by atoms with Gasteiger partial charge in [-0.3, -0.25) is 4.57 Å². The van der Waals surface area contributed by atoms with Crippen LogP contribution in [0.3, 0.4) is 0 Å². The second-order valence-corrected chi connectivity index (χ2v) is 15.6. The van der Waals surface area contributed by atoms with Crippen molar-refractivity contribution in [3.8, 4) is 0 Å². The van der Waals surface area contributed by atoms with Gasteiger partial charge >= 0.3 is 15.9 Å². The molecule has 3 N–H and O–H groups in total. The zero-order valence-corrected chi connectivity index (χ0v) is 31.3. The van der Waals surface area contributed by atoms with Crippen LogP contribution in [0.1, 0.15) is 219 Å². The average molecular weight is 668 g/mol. The highest BCUT2D eigenvalue weighted by atomic mass is 31.2. The van der Waals surface area contributed by atoms with E-state index in [-0.39, 0.29) is 6.16 Å². The highest BCUT2D eigenvalue weighted by Gasteiger charge is 2.11. The van der Waals surface area contributed by atoms with Crippen LogP contribution >= 0.6 is 15.9 Å². The largest absolute Gasteiger partial charge is 0.694 e. The zero-order chi connectivity index (χ0) is 32.8. The number of hydrogen-bond donors (Lipinski definition) is 3. The Bertz CT molecular complexity index is 599. The lowest BCUT2D eigenvalue weighted by Gasteiger charge is -2.04. The Morgan fingerprint density at radius 2 is 0.659 bits per heavy atom. The van der Waals surface area contributed by atoms with Crippen molar-refractivity contribution in [1.82, 2.24) is 0 Å². The molecular formula is C36H77O6P2+. The summed E-state index contributed by atoms with van der Waals surface area (Å²) in [6.45, 7) is 4.96. The Balaban J connectivity index is 0. The van der Waals surface area contributed by atoms with Gasteiger partial charge in [-0.15, -0.1) is 9.42 Å². The van der Waals surface area contributed by atoms with Gasteiger partial charge in [-0.2, -0.15) is 0 Å². The van der Waals surface area contributed by atoms with E-state index >= 15 is 0 Å². The maximum atomic E-state index is 10.7. The van der Waals surface area contributed by atoms with Crippen LogP contribution in [-0.4, -0.2) is 27.4 Å². The second kappa shape index (κ2) is 39.3. The first kappa shape index (κ1) is 46.3. The molecule has 8 heteroatoms. The van der Waals surface area contributed by atoms with Gasteiger partial charge in [0.05, 0.1) is 0 Å². The van der Waals surface area contributed by atoms with Crippen molar-refractivity contribution in [2.24, 2.45) is 0 Å². The van der Waals surface area contributed by atoms with E-state index in [1.165, 1.54) is 173 Å². The highest BCUT2D eigenvalue weighted by Crippen LogP contribution is 2.35. The van der Waals surface area contributed by atoms with Crippen LogP contribution in [0.25, 0.3) is 0 Å². The Morgan fingerprint density at radius 1 is 0.432 bits per heavy atom. The molecule has 0 amide bonds. The monoisotopic (exact) mass is 668 g/mol. The first-order valence-corrected chi connectivity index (χ1v) is 22.1. The Hall–Kier alpha value is 0.170. The van der Waals surface area contributed by atoms with Gasteiger partial charge in [-0.05, 0) is 12.8 Å². The minimum atomic E-state index is -3.75. The quantitative estimate of drug-likeness (QED) is 0.0459. The minimum absolute atomic E-state index is 0.0610. The van der Waals surface area contributed by atoms with Crippen LogP contribution in [-0.2, 0) is 13.7 Å². The molecule has 0 fully saturated rings. The fraction of sp³-hybridized carbons (Fsp3) is 1.00. The minimum Gasteiger partial charge on any atom is -0.324 e. The molecule has 266 valence electrons. The number of hydrogen-bond acceptors (Lipinski definition) is 3. The molecule has 0 aliphatic heterocycles. The summed E-state index contributed by atoms with van der Waals surface area (Å²) >= 11 is 0. The van der Waals surface area contributed by atoms with E-state index < -0.39 is 15.9 Å². The third-order valence-corrected chi connectivity index (χ3v) is 9.80. The molecule has 0 aromatic heterocycles. The molecule has 0 aromatic rings. The SMILES string of the molecule is CCCCCCCCCCCCCCCCCCO[P+](=O)O.CCCCCCCCCCCCCCCCCCP(=O)(O)O. The fourth-order valence-corrected chi connectivity index (χ4v) is 6.58. The van der Waals surface area contributed by atoms with Crippen molar-refractivity contribution in [2.45, 2.75) is 219 Å². The van der Waals surface area contributed by atoms with Gasteiger partial charge in [-0.1, -0.05) is 206 Å². The van der Waals surface area contributed by atoms with Crippen LogP contribution in [0, 0.1) is 0 Å². The van der Waals surface area contributed by atoms with Gasteiger partial charge < -0.3 is 9.79 Å². The molecule has 0 saturated heterocycles. The van der Waals surface area contributed by atoms with Crippen molar-refractivity contribution in [2.75, 3.05) is 12.8 Å². The first-order chi connectivity index (χ1) is 21.3. The molecular weight excluding hydrogens is 590 g/mol. The third kappa shape index (κ3) is 49.1. The predicted octanol–water partition coefficient (Wildman–Crippen LogP) is 13.3. The van der Waals surface area contributed by atoms with Gasteiger partial charge in [0.25, 0.3) is 0 Å². The molecule has 0 rings (SSSR count). The zero-order valence-electron chi connectivity index (χ0n) is 29.5. The summed E-state index contributed by atoms with van der Waals surface area (Å²) in [4.78, 5) is 26.0. The van der Waals surface area contributed by atoms with Gasteiger partial charge in [0.1, 0.15) is 6.61 Å². The smallest absolute Gasteiger partial charge is 0.324 e. The summed E-state index contributed by atoms with van der Waals surface area (Å²) in [5, 5.41) is 0. The van der Waals surface area contributed by atoms with E-state index in [4.69, 9.17) is 14.7 Å². The maximum absolute atomic E-state index is 10.7. The van der Waals surface area contributed by atoms with Crippen molar-refractivity contribution < 1.29 is 28.3 Å². The number of rotatable bonds is 35. The summed E-state index contributed by atoms with van der Waals surface area (Å²) in [6, 6.07) is 0. The number of unbranched alkanes of at least 4 members (excludes halogenated alkanes) is 30. The van der Waals surface area contributed by atoms with Crippen LogP contribution in [0.2, 0.25) is 0 Å². The summed E-state index contributed by atoms with van der Waals surface area (Å²) in [7, 11) is -6.15. The van der Waals surface area contributed by atoms with Gasteiger partial charge in [-0.25, -0.2) is 0 Å². The molecule has 0 bridgehead atoms. The Labute approximate surface area is 275 Å². The third-order valence-electron chi connectivity index (χ3n) is 8.50. The summed E-state index contributed by atoms with van der Waals surface area (Å²) in [6.07, 6.45) is 42.0. The van der Waals surface area contributed by atoms with E-state index in [0.29, 0.717) is 13.0 Å². The molecule has 0 aromatic carbocycles. The van der Waals surface area contributed by atoms with E-state index in [9.17, 15) is 9.13 Å². The van der Waals surface area contributed by atoms with Crippen molar-refractivity contribution >= 4 is 15.9 Å². The lowest BCUT2D eigenvalue weighted by Crippen LogP contribution is -1.88.